The van der Waals surface area contributed by atoms with Crippen molar-refractivity contribution in [2.75, 3.05) is 7.11 Å². The fraction of sp³-hybridized carbons (Fsp3) is 0.182. The molecule has 90 valence electrons. The molecule has 0 radical (unpaired) electrons. The van der Waals surface area contributed by atoms with Crippen molar-refractivity contribution in [1.29, 1.82) is 0 Å². The molecule has 2 rings (SSSR count). The van der Waals surface area contributed by atoms with Gasteiger partial charge in [0.2, 0.25) is 0 Å². The molecule has 0 spiro atoms. The van der Waals surface area contributed by atoms with Crippen molar-refractivity contribution in [3.63, 3.8) is 0 Å². The monoisotopic (exact) mass is 244 g/mol. The average molecular weight is 244 g/mol. The number of rotatable bonds is 1. The molecule has 6 heteroatoms. The molecule has 1 heterocycles. The lowest BCUT2D eigenvalue weighted by atomic mass is 10.1. The summed E-state index contributed by atoms with van der Waals surface area (Å²) in [6.45, 7) is 0. The number of halogens is 3. The van der Waals surface area contributed by atoms with Crippen LogP contribution in [0, 0.1) is 0 Å². The van der Waals surface area contributed by atoms with Crippen LogP contribution in [0.5, 0.6) is 0 Å². The van der Waals surface area contributed by atoms with Crippen molar-refractivity contribution < 1.29 is 27.1 Å². The first-order valence-electron chi connectivity index (χ1n) is 4.61. The number of esters is 1. The highest BCUT2D eigenvalue weighted by atomic mass is 19.4. The molecular formula is C11H7F3O3. The number of fused-ring (bicyclic) bond motifs is 1. The van der Waals surface area contributed by atoms with E-state index in [1.807, 2.05) is 0 Å². The zero-order chi connectivity index (χ0) is 12.6. The van der Waals surface area contributed by atoms with Gasteiger partial charge in [-0.3, -0.25) is 0 Å². The first kappa shape index (κ1) is 11.5. The summed E-state index contributed by atoms with van der Waals surface area (Å²) < 4.78 is 47.6. The van der Waals surface area contributed by atoms with Crippen LogP contribution in [0.2, 0.25) is 0 Å². The van der Waals surface area contributed by atoms with Crippen molar-refractivity contribution in [1.82, 2.24) is 0 Å². The fourth-order valence-corrected chi connectivity index (χ4v) is 1.58. The highest BCUT2D eigenvalue weighted by Crippen LogP contribution is 2.37. The predicted molar refractivity (Wildman–Crippen MR) is 52.6 cm³/mol. The quantitative estimate of drug-likeness (QED) is 0.723. The van der Waals surface area contributed by atoms with Crippen molar-refractivity contribution in [2.45, 2.75) is 6.18 Å². The third-order valence-electron chi connectivity index (χ3n) is 2.31. The van der Waals surface area contributed by atoms with Crippen LogP contribution < -0.4 is 0 Å². The van der Waals surface area contributed by atoms with E-state index in [0.29, 0.717) is 0 Å². The fourth-order valence-electron chi connectivity index (χ4n) is 1.58. The zero-order valence-electron chi connectivity index (χ0n) is 8.67. The molecule has 0 amide bonds. The molecule has 0 atom stereocenters. The van der Waals surface area contributed by atoms with Crippen molar-refractivity contribution >= 4 is 16.9 Å². The van der Waals surface area contributed by atoms with Crippen molar-refractivity contribution in [2.24, 2.45) is 0 Å². The molecule has 2 aromatic rings. The Balaban J connectivity index is 2.77. The number of benzene rings is 1. The molecule has 0 saturated heterocycles. The van der Waals surface area contributed by atoms with E-state index in [-0.39, 0.29) is 16.5 Å². The van der Waals surface area contributed by atoms with Crippen LogP contribution in [0.15, 0.2) is 28.9 Å². The van der Waals surface area contributed by atoms with Gasteiger partial charge in [0.15, 0.2) is 0 Å². The maximum absolute atomic E-state index is 12.7. The molecule has 1 aromatic heterocycles. The lowest BCUT2D eigenvalue weighted by Crippen LogP contribution is -2.08. The van der Waals surface area contributed by atoms with Gasteiger partial charge in [0.1, 0.15) is 17.4 Å². The number of methoxy groups -OCH3 is 1. The van der Waals surface area contributed by atoms with Gasteiger partial charge in [-0.2, -0.15) is 13.2 Å². The second-order valence-electron chi connectivity index (χ2n) is 3.32. The minimum atomic E-state index is -4.55. The summed E-state index contributed by atoms with van der Waals surface area (Å²) in [7, 11) is 1.09. The highest BCUT2D eigenvalue weighted by Gasteiger charge is 2.35. The topological polar surface area (TPSA) is 39.4 Å². The molecule has 0 aliphatic heterocycles. The van der Waals surface area contributed by atoms with Gasteiger partial charge in [0.05, 0.1) is 12.7 Å². The molecule has 0 N–H and O–H groups in total. The van der Waals surface area contributed by atoms with Gasteiger partial charge in [-0.05, 0) is 12.1 Å². The van der Waals surface area contributed by atoms with E-state index in [1.165, 1.54) is 12.1 Å². The standard InChI is InChI=1S/C11H7F3O3/c1-16-10(15)6-5-17-8-4-2-3-7(9(6)8)11(12,13)14/h2-5H,1H3. The second-order valence-corrected chi connectivity index (χ2v) is 3.32. The average Bonchev–Trinajstić information content (AvgIpc) is 2.70. The van der Waals surface area contributed by atoms with Crippen LogP contribution in [-0.4, -0.2) is 13.1 Å². The van der Waals surface area contributed by atoms with Crippen LogP contribution in [0.1, 0.15) is 15.9 Å². The summed E-state index contributed by atoms with van der Waals surface area (Å²) in [6, 6.07) is 3.47. The van der Waals surface area contributed by atoms with Gasteiger partial charge < -0.3 is 9.15 Å². The molecule has 3 nitrogen and oxygen atoms in total. The van der Waals surface area contributed by atoms with E-state index < -0.39 is 17.7 Å². The Bertz CT molecular complexity index is 569. The maximum Gasteiger partial charge on any atom is 0.417 e. The van der Waals surface area contributed by atoms with E-state index >= 15 is 0 Å². The summed E-state index contributed by atoms with van der Waals surface area (Å²) in [5.41, 5.74) is -1.14. The first-order valence-corrected chi connectivity index (χ1v) is 4.61. The van der Waals surface area contributed by atoms with Gasteiger partial charge in [-0.15, -0.1) is 0 Å². The SMILES string of the molecule is COC(=O)c1coc2cccc(C(F)(F)F)c12. The normalized spacial score (nSPS) is 11.8. The van der Waals surface area contributed by atoms with Crippen LogP contribution in [0.4, 0.5) is 13.2 Å². The summed E-state index contributed by atoms with van der Waals surface area (Å²) in [5.74, 6) is -0.861. The van der Waals surface area contributed by atoms with Gasteiger partial charge in [-0.25, -0.2) is 4.79 Å². The van der Waals surface area contributed by atoms with E-state index in [9.17, 15) is 18.0 Å². The van der Waals surface area contributed by atoms with Crippen LogP contribution in [-0.2, 0) is 10.9 Å². The molecular weight excluding hydrogens is 237 g/mol. The van der Waals surface area contributed by atoms with E-state index in [4.69, 9.17) is 4.42 Å². The summed E-state index contributed by atoms with van der Waals surface area (Å²) in [6.07, 6.45) is -3.59. The molecule has 0 fully saturated rings. The van der Waals surface area contributed by atoms with Gasteiger partial charge in [0.25, 0.3) is 0 Å². The predicted octanol–water partition coefficient (Wildman–Crippen LogP) is 3.24. The van der Waals surface area contributed by atoms with E-state index in [2.05, 4.69) is 4.74 Å². The summed E-state index contributed by atoms with van der Waals surface area (Å²) >= 11 is 0. The summed E-state index contributed by atoms with van der Waals surface area (Å²) in [5, 5.41) is -0.271. The minimum Gasteiger partial charge on any atom is -0.465 e. The number of furan rings is 1. The lowest BCUT2D eigenvalue weighted by Gasteiger charge is -2.08. The van der Waals surface area contributed by atoms with E-state index in [0.717, 1.165) is 19.4 Å². The Morgan fingerprint density at radius 3 is 2.65 bits per heavy atom. The number of hydrogen-bond donors (Lipinski definition) is 0. The van der Waals surface area contributed by atoms with E-state index in [1.54, 1.807) is 0 Å². The van der Waals surface area contributed by atoms with Gasteiger partial charge >= 0.3 is 12.1 Å². The molecule has 0 aliphatic carbocycles. The Morgan fingerprint density at radius 2 is 2.06 bits per heavy atom. The number of alkyl halides is 3. The maximum atomic E-state index is 12.7. The number of ether oxygens (including phenoxy) is 1. The van der Waals surface area contributed by atoms with Crippen molar-refractivity contribution in [3.05, 3.63) is 35.6 Å². The highest BCUT2D eigenvalue weighted by molar-refractivity contribution is 6.04. The smallest absolute Gasteiger partial charge is 0.417 e. The van der Waals surface area contributed by atoms with Gasteiger partial charge in [-0.1, -0.05) is 6.07 Å². The zero-order valence-corrected chi connectivity index (χ0v) is 8.67. The van der Waals surface area contributed by atoms with Crippen molar-refractivity contribution in [3.8, 4) is 0 Å². The van der Waals surface area contributed by atoms with Crippen LogP contribution >= 0.6 is 0 Å². The third kappa shape index (κ3) is 1.86. The first-order chi connectivity index (χ1) is 7.95. The Labute approximate surface area is 93.8 Å². The van der Waals surface area contributed by atoms with Crippen LogP contribution in [0.3, 0.4) is 0 Å². The Hall–Kier alpha value is -1.98. The minimum absolute atomic E-state index is 0.000208. The third-order valence-corrected chi connectivity index (χ3v) is 2.31. The summed E-state index contributed by atoms with van der Waals surface area (Å²) in [4.78, 5) is 11.3. The molecule has 0 aliphatic rings. The number of hydrogen-bond acceptors (Lipinski definition) is 3. The molecule has 0 saturated carbocycles. The number of carbonyl (C=O) groups is 1. The molecule has 0 unspecified atom stereocenters. The van der Waals surface area contributed by atoms with Crippen LogP contribution in [0.25, 0.3) is 11.0 Å². The lowest BCUT2D eigenvalue weighted by molar-refractivity contribution is -0.136. The second kappa shape index (κ2) is 3.80. The Kier molecular flexibility index (Phi) is 2.57. The number of carbonyl (C=O) groups excluding carboxylic acids is 1. The molecule has 1 aromatic carbocycles. The van der Waals surface area contributed by atoms with Gasteiger partial charge in [0, 0.05) is 5.39 Å². The molecule has 17 heavy (non-hydrogen) atoms. The molecule has 0 bridgehead atoms. The Morgan fingerprint density at radius 1 is 1.35 bits per heavy atom. The largest absolute Gasteiger partial charge is 0.465 e.